The highest BCUT2D eigenvalue weighted by Crippen LogP contribution is 2.24. The maximum Gasteiger partial charge on any atom is 0.308 e. The molecule has 0 aromatic heterocycles. The van der Waals surface area contributed by atoms with Gasteiger partial charge in [-0.05, 0) is 37.5 Å². The Labute approximate surface area is 129 Å². The minimum absolute atomic E-state index is 0.351. The average molecular weight is 291 g/mol. The van der Waals surface area contributed by atoms with Crippen LogP contribution in [0.2, 0.25) is 0 Å². The summed E-state index contributed by atoms with van der Waals surface area (Å²) in [5.74, 6) is -1.07. The summed E-state index contributed by atoms with van der Waals surface area (Å²) in [6, 6.07) is 6.27. The quantitative estimate of drug-likeness (QED) is 0.685. The van der Waals surface area contributed by atoms with E-state index in [9.17, 15) is 9.90 Å². The topological polar surface area (TPSA) is 40.5 Å². The Bertz CT molecular complexity index is 457. The molecule has 0 fully saturated rings. The first kappa shape index (κ1) is 17.5. The van der Waals surface area contributed by atoms with Crippen LogP contribution in [0.3, 0.4) is 0 Å². The maximum atomic E-state index is 11.2. The SMILES string of the molecule is CCCCCCN(CC(C)C(=O)O)c1cccc(C)c1C. The predicted molar refractivity (Wildman–Crippen MR) is 89.1 cm³/mol. The second-order valence-electron chi connectivity index (χ2n) is 5.96. The Kier molecular flexibility index (Phi) is 7.27. The number of hydrogen-bond acceptors (Lipinski definition) is 2. The lowest BCUT2D eigenvalue weighted by Crippen LogP contribution is -2.33. The van der Waals surface area contributed by atoms with E-state index >= 15 is 0 Å². The van der Waals surface area contributed by atoms with Crippen LogP contribution < -0.4 is 4.90 Å². The van der Waals surface area contributed by atoms with Gasteiger partial charge in [0.2, 0.25) is 0 Å². The van der Waals surface area contributed by atoms with Gasteiger partial charge in [0, 0.05) is 18.8 Å². The highest BCUT2D eigenvalue weighted by atomic mass is 16.4. The Morgan fingerprint density at radius 3 is 2.57 bits per heavy atom. The summed E-state index contributed by atoms with van der Waals surface area (Å²) in [6.07, 6.45) is 4.79. The van der Waals surface area contributed by atoms with E-state index in [-0.39, 0.29) is 5.92 Å². The normalized spacial score (nSPS) is 12.2. The highest BCUT2D eigenvalue weighted by Gasteiger charge is 2.18. The average Bonchev–Trinajstić information content (AvgIpc) is 2.45. The largest absolute Gasteiger partial charge is 0.481 e. The summed E-state index contributed by atoms with van der Waals surface area (Å²) in [7, 11) is 0. The van der Waals surface area contributed by atoms with Crippen LogP contribution in [0.1, 0.15) is 50.7 Å². The molecule has 1 aromatic carbocycles. The molecule has 0 amide bonds. The summed E-state index contributed by atoms with van der Waals surface area (Å²) in [5, 5.41) is 9.18. The van der Waals surface area contributed by atoms with Gasteiger partial charge in [-0.3, -0.25) is 4.79 Å². The molecule has 1 atom stereocenters. The van der Waals surface area contributed by atoms with Crippen molar-refractivity contribution in [1.29, 1.82) is 0 Å². The number of carboxylic acid groups (broad SMARTS) is 1. The molecule has 0 aliphatic rings. The maximum absolute atomic E-state index is 11.2. The molecular weight excluding hydrogens is 262 g/mol. The van der Waals surface area contributed by atoms with Gasteiger partial charge in [0.05, 0.1) is 5.92 Å². The molecule has 1 rings (SSSR count). The van der Waals surface area contributed by atoms with Crippen LogP contribution >= 0.6 is 0 Å². The van der Waals surface area contributed by atoms with E-state index in [1.54, 1.807) is 6.92 Å². The first-order chi connectivity index (χ1) is 9.97. The number of unbranched alkanes of at least 4 members (excludes halogenated alkanes) is 3. The van der Waals surface area contributed by atoms with Crippen LogP contribution in [-0.4, -0.2) is 24.2 Å². The van der Waals surface area contributed by atoms with Gasteiger partial charge in [-0.15, -0.1) is 0 Å². The highest BCUT2D eigenvalue weighted by molar-refractivity contribution is 5.70. The molecular formula is C18H29NO2. The molecule has 1 unspecified atom stereocenters. The molecule has 1 N–H and O–H groups in total. The number of carbonyl (C=O) groups is 1. The summed E-state index contributed by atoms with van der Waals surface area (Å²) >= 11 is 0. The van der Waals surface area contributed by atoms with E-state index in [1.165, 1.54) is 36.1 Å². The number of rotatable bonds is 9. The van der Waals surface area contributed by atoms with Crippen LogP contribution in [-0.2, 0) is 4.79 Å². The zero-order chi connectivity index (χ0) is 15.8. The molecule has 0 saturated carbocycles. The van der Waals surface area contributed by atoms with Gasteiger partial charge >= 0.3 is 5.97 Å². The molecule has 0 spiro atoms. The third kappa shape index (κ3) is 5.41. The number of aliphatic carboxylic acids is 1. The summed E-state index contributed by atoms with van der Waals surface area (Å²) in [6.45, 7) is 9.72. The third-order valence-corrected chi connectivity index (χ3v) is 4.11. The minimum atomic E-state index is -0.723. The van der Waals surface area contributed by atoms with Crippen LogP contribution in [0.4, 0.5) is 5.69 Å². The molecule has 21 heavy (non-hydrogen) atoms. The summed E-state index contributed by atoms with van der Waals surface area (Å²) < 4.78 is 0. The third-order valence-electron chi connectivity index (χ3n) is 4.11. The smallest absolute Gasteiger partial charge is 0.308 e. The van der Waals surface area contributed by atoms with Crippen molar-refractivity contribution in [3.05, 3.63) is 29.3 Å². The van der Waals surface area contributed by atoms with Gasteiger partial charge in [-0.2, -0.15) is 0 Å². The van der Waals surface area contributed by atoms with E-state index in [4.69, 9.17) is 0 Å². The lowest BCUT2D eigenvalue weighted by atomic mass is 10.0. The van der Waals surface area contributed by atoms with E-state index < -0.39 is 5.97 Å². The molecule has 0 heterocycles. The Morgan fingerprint density at radius 2 is 1.95 bits per heavy atom. The molecule has 0 aliphatic carbocycles. The molecule has 0 radical (unpaired) electrons. The van der Waals surface area contributed by atoms with Crippen molar-refractivity contribution in [3.8, 4) is 0 Å². The van der Waals surface area contributed by atoms with Crippen LogP contribution in [0, 0.1) is 19.8 Å². The van der Waals surface area contributed by atoms with E-state index in [2.05, 4.69) is 43.9 Å². The van der Waals surface area contributed by atoms with Crippen molar-refractivity contribution in [1.82, 2.24) is 0 Å². The Balaban J connectivity index is 2.84. The number of carboxylic acids is 1. The number of nitrogens with zero attached hydrogens (tertiary/aromatic N) is 1. The zero-order valence-corrected chi connectivity index (χ0v) is 13.9. The van der Waals surface area contributed by atoms with Crippen LogP contribution in [0.25, 0.3) is 0 Å². The lowest BCUT2D eigenvalue weighted by Gasteiger charge is -2.29. The summed E-state index contributed by atoms with van der Waals surface area (Å²) in [4.78, 5) is 13.4. The van der Waals surface area contributed by atoms with Crippen LogP contribution in [0.15, 0.2) is 18.2 Å². The first-order valence-electron chi connectivity index (χ1n) is 8.01. The van der Waals surface area contributed by atoms with Crippen LogP contribution in [0.5, 0.6) is 0 Å². The van der Waals surface area contributed by atoms with Crippen molar-refractivity contribution < 1.29 is 9.90 Å². The van der Waals surface area contributed by atoms with Crippen molar-refractivity contribution >= 4 is 11.7 Å². The number of benzene rings is 1. The first-order valence-corrected chi connectivity index (χ1v) is 8.01. The predicted octanol–water partition coefficient (Wildman–Crippen LogP) is 4.41. The fraction of sp³-hybridized carbons (Fsp3) is 0.611. The zero-order valence-electron chi connectivity index (χ0n) is 13.9. The van der Waals surface area contributed by atoms with Crippen molar-refractivity contribution in [2.24, 2.45) is 5.92 Å². The van der Waals surface area contributed by atoms with Gasteiger partial charge in [0.25, 0.3) is 0 Å². The van der Waals surface area contributed by atoms with E-state index in [1.807, 2.05) is 0 Å². The Morgan fingerprint density at radius 1 is 1.24 bits per heavy atom. The monoisotopic (exact) mass is 291 g/mol. The van der Waals surface area contributed by atoms with Gasteiger partial charge < -0.3 is 10.0 Å². The second kappa shape index (κ2) is 8.71. The van der Waals surface area contributed by atoms with E-state index in [0.29, 0.717) is 6.54 Å². The molecule has 0 aliphatic heterocycles. The lowest BCUT2D eigenvalue weighted by molar-refractivity contribution is -0.140. The molecule has 3 heteroatoms. The molecule has 118 valence electrons. The second-order valence-corrected chi connectivity index (χ2v) is 5.96. The fourth-order valence-electron chi connectivity index (χ4n) is 2.53. The molecule has 3 nitrogen and oxygen atoms in total. The minimum Gasteiger partial charge on any atom is -0.481 e. The fourth-order valence-corrected chi connectivity index (χ4v) is 2.53. The molecule has 0 bridgehead atoms. The Hall–Kier alpha value is -1.51. The van der Waals surface area contributed by atoms with Crippen molar-refractivity contribution in [2.45, 2.75) is 53.4 Å². The molecule has 0 saturated heterocycles. The van der Waals surface area contributed by atoms with Crippen molar-refractivity contribution in [3.63, 3.8) is 0 Å². The van der Waals surface area contributed by atoms with E-state index in [0.717, 1.165) is 13.0 Å². The van der Waals surface area contributed by atoms with Gasteiger partial charge in [0.1, 0.15) is 0 Å². The number of anilines is 1. The molecule has 1 aromatic rings. The summed E-state index contributed by atoms with van der Waals surface area (Å²) in [5.41, 5.74) is 3.69. The van der Waals surface area contributed by atoms with Gasteiger partial charge in [-0.1, -0.05) is 45.2 Å². The standard InChI is InChI=1S/C18H29NO2/c1-5-6-7-8-12-19(13-15(3)18(20)21)17-11-9-10-14(2)16(17)4/h9-11,15H,5-8,12-13H2,1-4H3,(H,20,21). The van der Waals surface area contributed by atoms with Crippen molar-refractivity contribution in [2.75, 3.05) is 18.0 Å². The number of hydrogen-bond donors (Lipinski definition) is 1. The van der Waals surface area contributed by atoms with Gasteiger partial charge in [0.15, 0.2) is 0 Å². The number of aryl methyl sites for hydroxylation is 1. The van der Waals surface area contributed by atoms with Gasteiger partial charge in [-0.25, -0.2) is 0 Å².